The molecule has 0 aliphatic carbocycles. The summed E-state index contributed by atoms with van der Waals surface area (Å²) in [5.41, 5.74) is 1.58. The highest BCUT2D eigenvalue weighted by molar-refractivity contribution is 7.92. The normalized spacial score (nSPS) is 11.6. The second-order valence-corrected chi connectivity index (χ2v) is 7.50. The molecule has 0 bridgehead atoms. The molecule has 0 saturated carbocycles. The van der Waals surface area contributed by atoms with Crippen molar-refractivity contribution in [1.29, 1.82) is 0 Å². The molecule has 130 valence electrons. The molecule has 7 nitrogen and oxygen atoms in total. The molecule has 0 atom stereocenters. The van der Waals surface area contributed by atoms with Crippen LogP contribution in [0.2, 0.25) is 0 Å². The topological polar surface area (TPSA) is 98.4 Å². The highest BCUT2D eigenvalue weighted by atomic mass is 32.2. The van der Waals surface area contributed by atoms with Gasteiger partial charge in [0.2, 0.25) is 0 Å². The van der Waals surface area contributed by atoms with Gasteiger partial charge in [-0.1, -0.05) is 12.1 Å². The van der Waals surface area contributed by atoms with Gasteiger partial charge < -0.3 is 4.42 Å². The van der Waals surface area contributed by atoms with Crippen molar-refractivity contribution < 1.29 is 12.8 Å². The Morgan fingerprint density at radius 1 is 1.04 bits per heavy atom. The number of sulfonamides is 1. The van der Waals surface area contributed by atoms with Gasteiger partial charge in [0.25, 0.3) is 10.0 Å². The standard InChI is InChI=1S/C17H16N2O5S/c1-10-4-5-11(2)14(8-10)18-25(22,23)12-6-7-15-13(9-12)16(20)24-17(21)19(15)3/h4-9,18H,1-3H3. The second-order valence-electron chi connectivity index (χ2n) is 5.82. The van der Waals surface area contributed by atoms with E-state index < -0.39 is 21.4 Å². The average molecular weight is 360 g/mol. The number of hydrogen-bond acceptors (Lipinski definition) is 5. The van der Waals surface area contributed by atoms with Gasteiger partial charge in [-0.15, -0.1) is 0 Å². The summed E-state index contributed by atoms with van der Waals surface area (Å²) in [5.74, 6) is -0.804. The Morgan fingerprint density at radius 3 is 2.48 bits per heavy atom. The van der Waals surface area contributed by atoms with Crippen LogP contribution in [-0.2, 0) is 17.1 Å². The molecular weight excluding hydrogens is 344 g/mol. The number of nitrogens with zero attached hydrogens (tertiary/aromatic N) is 1. The maximum Gasteiger partial charge on any atom is 0.422 e. The van der Waals surface area contributed by atoms with Crippen molar-refractivity contribution in [3.63, 3.8) is 0 Å². The predicted molar refractivity (Wildman–Crippen MR) is 94.4 cm³/mol. The van der Waals surface area contributed by atoms with Crippen LogP contribution in [0.3, 0.4) is 0 Å². The van der Waals surface area contributed by atoms with E-state index >= 15 is 0 Å². The monoisotopic (exact) mass is 360 g/mol. The quantitative estimate of drug-likeness (QED) is 0.769. The van der Waals surface area contributed by atoms with Crippen LogP contribution >= 0.6 is 0 Å². The van der Waals surface area contributed by atoms with Crippen LogP contribution < -0.4 is 16.1 Å². The molecule has 3 rings (SSSR count). The molecule has 8 heteroatoms. The summed E-state index contributed by atoms with van der Waals surface area (Å²) in [4.78, 5) is 23.3. The smallest absolute Gasteiger partial charge is 0.372 e. The lowest BCUT2D eigenvalue weighted by atomic mass is 10.1. The Morgan fingerprint density at radius 2 is 1.76 bits per heavy atom. The Bertz CT molecular complexity index is 1210. The summed E-state index contributed by atoms with van der Waals surface area (Å²) < 4.78 is 33.6. The Kier molecular flexibility index (Phi) is 4.00. The maximum atomic E-state index is 12.7. The third kappa shape index (κ3) is 3.08. The van der Waals surface area contributed by atoms with Crippen molar-refractivity contribution in [2.24, 2.45) is 7.05 Å². The molecule has 0 fully saturated rings. The van der Waals surface area contributed by atoms with Gasteiger partial charge in [-0.3, -0.25) is 9.29 Å². The first-order valence-electron chi connectivity index (χ1n) is 7.43. The molecule has 0 spiro atoms. The molecular formula is C17H16N2O5S. The number of rotatable bonds is 3. The van der Waals surface area contributed by atoms with Gasteiger partial charge in [0.15, 0.2) is 0 Å². The fourth-order valence-electron chi connectivity index (χ4n) is 2.49. The number of fused-ring (bicyclic) bond motifs is 1. The van der Waals surface area contributed by atoms with Crippen molar-refractivity contribution >= 4 is 26.6 Å². The van der Waals surface area contributed by atoms with Gasteiger partial charge in [0.1, 0.15) is 0 Å². The molecule has 0 aliphatic rings. The van der Waals surface area contributed by atoms with Crippen LogP contribution in [0.1, 0.15) is 11.1 Å². The predicted octanol–water partition coefficient (Wildman–Crippen LogP) is 1.91. The van der Waals surface area contributed by atoms with Crippen molar-refractivity contribution in [2.75, 3.05) is 4.72 Å². The molecule has 1 aromatic heterocycles. The minimum absolute atomic E-state index is 0.0194. The van der Waals surface area contributed by atoms with Gasteiger partial charge in [-0.2, -0.15) is 0 Å². The average Bonchev–Trinajstić information content (AvgIpc) is 2.55. The molecule has 0 saturated heterocycles. The van der Waals surface area contributed by atoms with E-state index in [4.69, 9.17) is 0 Å². The zero-order valence-corrected chi connectivity index (χ0v) is 14.7. The fraction of sp³-hybridized carbons (Fsp3) is 0.176. The molecule has 1 heterocycles. The third-order valence-electron chi connectivity index (χ3n) is 3.95. The first kappa shape index (κ1) is 17.0. The van der Waals surface area contributed by atoms with Crippen LogP contribution in [0.25, 0.3) is 10.9 Å². The zero-order chi connectivity index (χ0) is 18.4. The summed E-state index contributed by atoms with van der Waals surface area (Å²) in [6.45, 7) is 3.65. The van der Waals surface area contributed by atoms with E-state index in [9.17, 15) is 18.0 Å². The van der Waals surface area contributed by atoms with Gasteiger partial charge in [-0.25, -0.2) is 18.0 Å². The molecule has 0 radical (unpaired) electrons. The number of nitrogens with one attached hydrogen (secondary N) is 1. The van der Waals surface area contributed by atoms with Crippen molar-refractivity contribution in [3.05, 3.63) is 68.5 Å². The van der Waals surface area contributed by atoms with Gasteiger partial charge in [0, 0.05) is 7.05 Å². The van der Waals surface area contributed by atoms with Crippen LogP contribution in [0.15, 0.2) is 55.3 Å². The first-order chi connectivity index (χ1) is 11.7. The largest absolute Gasteiger partial charge is 0.422 e. The highest BCUT2D eigenvalue weighted by Crippen LogP contribution is 2.22. The lowest BCUT2D eigenvalue weighted by molar-refractivity contribution is 0.432. The molecule has 1 N–H and O–H groups in total. The van der Waals surface area contributed by atoms with E-state index in [1.54, 1.807) is 13.0 Å². The van der Waals surface area contributed by atoms with Crippen LogP contribution in [0.5, 0.6) is 0 Å². The second kappa shape index (κ2) is 5.89. The zero-order valence-electron chi connectivity index (χ0n) is 13.9. The van der Waals surface area contributed by atoms with Crippen LogP contribution in [0.4, 0.5) is 5.69 Å². The summed E-state index contributed by atoms with van der Waals surface area (Å²) in [6.07, 6.45) is 0. The van der Waals surface area contributed by atoms with Gasteiger partial charge in [0.05, 0.1) is 21.5 Å². The lowest BCUT2D eigenvalue weighted by Gasteiger charge is -2.12. The third-order valence-corrected chi connectivity index (χ3v) is 5.31. The van der Waals surface area contributed by atoms with Gasteiger partial charge >= 0.3 is 11.4 Å². The van der Waals surface area contributed by atoms with E-state index in [-0.39, 0.29) is 10.3 Å². The summed E-state index contributed by atoms with van der Waals surface area (Å²) >= 11 is 0. The SMILES string of the molecule is Cc1ccc(C)c(NS(=O)(=O)c2ccc3c(c2)c(=O)oc(=O)n3C)c1. The Labute approximate surface area is 143 Å². The first-order valence-corrected chi connectivity index (χ1v) is 8.91. The molecule has 3 aromatic rings. The van der Waals surface area contributed by atoms with E-state index in [2.05, 4.69) is 9.14 Å². The molecule has 0 unspecified atom stereocenters. The Balaban J connectivity index is 2.13. The summed E-state index contributed by atoms with van der Waals surface area (Å²) in [6, 6.07) is 9.38. The number of hydrogen-bond donors (Lipinski definition) is 1. The van der Waals surface area contributed by atoms with Crippen LogP contribution in [0, 0.1) is 13.8 Å². The van der Waals surface area contributed by atoms with Crippen LogP contribution in [-0.4, -0.2) is 13.0 Å². The lowest BCUT2D eigenvalue weighted by Crippen LogP contribution is -2.23. The van der Waals surface area contributed by atoms with Crippen molar-refractivity contribution in [3.8, 4) is 0 Å². The Hall–Kier alpha value is -2.87. The fourth-order valence-corrected chi connectivity index (χ4v) is 3.64. The molecule has 25 heavy (non-hydrogen) atoms. The summed E-state index contributed by atoms with van der Waals surface area (Å²) in [5, 5.41) is 0.0194. The maximum absolute atomic E-state index is 12.7. The number of anilines is 1. The minimum Gasteiger partial charge on any atom is -0.372 e. The highest BCUT2D eigenvalue weighted by Gasteiger charge is 2.18. The molecule has 0 amide bonds. The minimum atomic E-state index is -3.90. The van der Waals surface area contributed by atoms with E-state index in [1.807, 2.05) is 19.1 Å². The van der Waals surface area contributed by atoms with E-state index in [1.165, 1.54) is 25.2 Å². The van der Waals surface area contributed by atoms with Crippen molar-refractivity contribution in [2.45, 2.75) is 18.7 Å². The number of aryl methyl sites for hydroxylation is 3. The van der Waals surface area contributed by atoms with E-state index in [0.29, 0.717) is 11.2 Å². The van der Waals surface area contributed by atoms with Crippen molar-refractivity contribution in [1.82, 2.24) is 4.57 Å². The van der Waals surface area contributed by atoms with Gasteiger partial charge in [-0.05, 0) is 49.2 Å². The number of benzene rings is 2. The molecule has 2 aromatic carbocycles. The summed E-state index contributed by atoms with van der Waals surface area (Å²) in [7, 11) is -2.46. The van der Waals surface area contributed by atoms with E-state index in [0.717, 1.165) is 15.7 Å². The number of aromatic nitrogens is 1. The molecule has 0 aliphatic heterocycles.